The lowest BCUT2D eigenvalue weighted by Crippen LogP contribution is -2.16. The van der Waals surface area contributed by atoms with E-state index in [4.69, 9.17) is 9.47 Å². The van der Waals surface area contributed by atoms with Gasteiger partial charge in [0.25, 0.3) is 5.91 Å². The molecule has 1 atom stereocenters. The number of amides is 2. The van der Waals surface area contributed by atoms with Crippen LogP contribution in [-0.2, 0) is 9.53 Å². The molecule has 1 aliphatic rings. The van der Waals surface area contributed by atoms with Gasteiger partial charge in [0, 0.05) is 30.5 Å². The summed E-state index contributed by atoms with van der Waals surface area (Å²) in [7, 11) is 0. The zero-order valence-electron chi connectivity index (χ0n) is 14.7. The molecule has 1 unspecified atom stereocenters. The minimum atomic E-state index is -0.226. The van der Waals surface area contributed by atoms with Gasteiger partial charge in [-0.2, -0.15) is 0 Å². The second-order valence-electron chi connectivity index (χ2n) is 6.19. The summed E-state index contributed by atoms with van der Waals surface area (Å²) in [5.74, 6) is 0.326. The van der Waals surface area contributed by atoms with Crippen molar-refractivity contribution in [3.63, 3.8) is 0 Å². The van der Waals surface area contributed by atoms with Crippen LogP contribution < -0.4 is 15.4 Å². The topological polar surface area (TPSA) is 76.7 Å². The van der Waals surface area contributed by atoms with Gasteiger partial charge in [0.1, 0.15) is 12.4 Å². The van der Waals surface area contributed by atoms with Gasteiger partial charge in [0.2, 0.25) is 5.91 Å². The number of hydrogen-bond donors (Lipinski definition) is 2. The summed E-state index contributed by atoms with van der Waals surface area (Å²) in [6.45, 7) is 2.77. The first-order valence-electron chi connectivity index (χ1n) is 8.63. The molecule has 1 fully saturated rings. The first-order chi connectivity index (χ1) is 12.6. The van der Waals surface area contributed by atoms with Crippen LogP contribution in [-0.4, -0.2) is 31.1 Å². The van der Waals surface area contributed by atoms with E-state index in [1.165, 1.54) is 6.92 Å². The average Bonchev–Trinajstić information content (AvgIpc) is 3.14. The van der Waals surface area contributed by atoms with Crippen LogP contribution in [0.5, 0.6) is 5.75 Å². The van der Waals surface area contributed by atoms with Gasteiger partial charge in [-0.05, 0) is 55.3 Å². The van der Waals surface area contributed by atoms with Crippen LogP contribution in [0.1, 0.15) is 30.1 Å². The Balaban J connectivity index is 1.56. The van der Waals surface area contributed by atoms with E-state index in [2.05, 4.69) is 10.6 Å². The highest BCUT2D eigenvalue weighted by Gasteiger charge is 2.16. The molecule has 6 nitrogen and oxygen atoms in total. The number of rotatable bonds is 6. The van der Waals surface area contributed by atoms with Crippen LogP contribution >= 0.6 is 0 Å². The van der Waals surface area contributed by atoms with Crippen molar-refractivity contribution >= 4 is 23.2 Å². The fourth-order valence-electron chi connectivity index (χ4n) is 2.75. The second-order valence-corrected chi connectivity index (χ2v) is 6.19. The summed E-state index contributed by atoms with van der Waals surface area (Å²) in [6.07, 6.45) is 2.27. The van der Waals surface area contributed by atoms with Crippen molar-refractivity contribution in [3.8, 4) is 5.75 Å². The molecule has 1 heterocycles. The van der Waals surface area contributed by atoms with Crippen LogP contribution in [0.4, 0.5) is 11.4 Å². The van der Waals surface area contributed by atoms with Crippen molar-refractivity contribution in [2.24, 2.45) is 0 Å². The van der Waals surface area contributed by atoms with Crippen molar-refractivity contribution in [2.45, 2.75) is 25.9 Å². The summed E-state index contributed by atoms with van der Waals surface area (Å²) < 4.78 is 11.2. The van der Waals surface area contributed by atoms with Gasteiger partial charge in [0.15, 0.2) is 0 Å². The predicted molar refractivity (Wildman–Crippen MR) is 99.6 cm³/mol. The number of carbonyl (C=O) groups excluding carboxylic acids is 2. The fourth-order valence-corrected chi connectivity index (χ4v) is 2.75. The summed E-state index contributed by atoms with van der Waals surface area (Å²) in [5.41, 5.74) is 1.77. The molecule has 1 saturated heterocycles. The Morgan fingerprint density at radius 3 is 2.50 bits per heavy atom. The summed E-state index contributed by atoms with van der Waals surface area (Å²) >= 11 is 0. The van der Waals surface area contributed by atoms with E-state index in [9.17, 15) is 9.59 Å². The molecule has 2 aromatic rings. The van der Waals surface area contributed by atoms with Gasteiger partial charge in [-0.1, -0.05) is 6.07 Å². The van der Waals surface area contributed by atoms with Crippen LogP contribution in [0.15, 0.2) is 48.5 Å². The Bertz CT molecular complexity index is 768. The van der Waals surface area contributed by atoms with Gasteiger partial charge >= 0.3 is 0 Å². The van der Waals surface area contributed by atoms with Crippen LogP contribution in [0.3, 0.4) is 0 Å². The maximum Gasteiger partial charge on any atom is 0.255 e. The van der Waals surface area contributed by atoms with Gasteiger partial charge < -0.3 is 20.1 Å². The highest BCUT2D eigenvalue weighted by molar-refractivity contribution is 6.04. The predicted octanol–water partition coefficient (Wildman–Crippen LogP) is 3.46. The molecular formula is C20H22N2O4. The van der Waals surface area contributed by atoms with Crippen molar-refractivity contribution < 1.29 is 19.1 Å². The maximum absolute atomic E-state index is 12.4. The molecule has 1 aliphatic heterocycles. The molecule has 0 aromatic heterocycles. The fraction of sp³-hybridized carbons (Fsp3) is 0.300. The zero-order valence-corrected chi connectivity index (χ0v) is 14.7. The van der Waals surface area contributed by atoms with Crippen LogP contribution in [0.2, 0.25) is 0 Å². The SMILES string of the molecule is CC(=O)Nc1cccc(NC(=O)c2ccc(OCC3CCCO3)cc2)c1. The molecule has 6 heteroatoms. The molecule has 0 spiro atoms. The smallest absolute Gasteiger partial charge is 0.255 e. The number of benzene rings is 2. The van der Waals surface area contributed by atoms with Gasteiger partial charge in [-0.3, -0.25) is 9.59 Å². The van der Waals surface area contributed by atoms with E-state index >= 15 is 0 Å². The lowest BCUT2D eigenvalue weighted by molar-refractivity contribution is -0.114. The van der Waals surface area contributed by atoms with Crippen LogP contribution in [0, 0.1) is 0 Å². The molecule has 0 radical (unpaired) electrons. The molecule has 136 valence electrons. The van der Waals surface area contributed by atoms with E-state index in [0.29, 0.717) is 29.3 Å². The molecule has 2 amide bonds. The lowest BCUT2D eigenvalue weighted by atomic mass is 10.2. The summed E-state index contributed by atoms with van der Waals surface area (Å²) in [6, 6.07) is 14.0. The number of anilines is 2. The van der Waals surface area contributed by atoms with Crippen molar-refractivity contribution in [1.29, 1.82) is 0 Å². The third kappa shape index (κ3) is 5.07. The van der Waals surface area contributed by atoms with Gasteiger partial charge in [-0.25, -0.2) is 0 Å². The first-order valence-corrected chi connectivity index (χ1v) is 8.63. The minimum absolute atomic E-state index is 0.160. The maximum atomic E-state index is 12.4. The molecule has 0 bridgehead atoms. The standard InChI is InChI=1S/C20H22N2O4/c1-14(23)21-16-4-2-5-17(12-16)22-20(24)15-7-9-18(10-8-15)26-13-19-6-3-11-25-19/h2,4-5,7-10,12,19H,3,6,11,13H2,1H3,(H,21,23)(H,22,24). The molecule has 3 rings (SSSR count). The van der Waals surface area contributed by atoms with Crippen molar-refractivity contribution in [2.75, 3.05) is 23.8 Å². The Morgan fingerprint density at radius 2 is 1.85 bits per heavy atom. The first kappa shape index (κ1) is 17.9. The summed E-state index contributed by atoms with van der Waals surface area (Å²) in [5, 5.41) is 5.50. The highest BCUT2D eigenvalue weighted by atomic mass is 16.5. The molecule has 26 heavy (non-hydrogen) atoms. The molecule has 0 aliphatic carbocycles. The molecule has 2 aromatic carbocycles. The molecule has 2 N–H and O–H groups in total. The zero-order chi connectivity index (χ0) is 18.4. The van der Waals surface area contributed by atoms with E-state index in [-0.39, 0.29) is 17.9 Å². The molecular weight excluding hydrogens is 332 g/mol. The average molecular weight is 354 g/mol. The Hall–Kier alpha value is -2.86. The van der Waals surface area contributed by atoms with E-state index in [1.807, 2.05) is 0 Å². The second kappa shape index (κ2) is 8.49. The third-order valence-corrected chi connectivity index (χ3v) is 4.02. The number of ether oxygens (including phenoxy) is 2. The van der Waals surface area contributed by atoms with Gasteiger partial charge in [0.05, 0.1) is 6.10 Å². The van der Waals surface area contributed by atoms with Crippen molar-refractivity contribution in [3.05, 3.63) is 54.1 Å². The lowest BCUT2D eigenvalue weighted by Gasteiger charge is -2.12. The van der Waals surface area contributed by atoms with E-state index in [0.717, 1.165) is 19.4 Å². The molecule has 0 saturated carbocycles. The minimum Gasteiger partial charge on any atom is -0.491 e. The Morgan fingerprint density at radius 1 is 1.12 bits per heavy atom. The quantitative estimate of drug-likeness (QED) is 0.833. The van der Waals surface area contributed by atoms with E-state index < -0.39 is 0 Å². The highest BCUT2D eigenvalue weighted by Crippen LogP contribution is 2.19. The number of carbonyl (C=O) groups is 2. The number of hydrogen-bond acceptors (Lipinski definition) is 4. The third-order valence-electron chi connectivity index (χ3n) is 4.02. The normalized spacial score (nSPS) is 16.1. The van der Waals surface area contributed by atoms with Gasteiger partial charge in [-0.15, -0.1) is 0 Å². The van der Waals surface area contributed by atoms with Crippen LogP contribution in [0.25, 0.3) is 0 Å². The Kier molecular flexibility index (Phi) is 5.86. The summed E-state index contributed by atoms with van der Waals surface area (Å²) in [4.78, 5) is 23.5. The monoisotopic (exact) mass is 354 g/mol. The Labute approximate surface area is 152 Å². The van der Waals surface area contributed by atoms with E-state index in [1.54, 1.807) is 48.5 Å². The number of nitrogens with one attached hydrogen (secondary N) is 2. The largest absolute Gasteiger partial charge is 0.491 e. The van der Waals surface area contributed by atoms with Crippen molar-refractivity contribution in [1.82, 2.24) is 0 Å².